The molecule has 5 heteroatoms. The van der Waals surface area contributed by atoms with E-state index in [0.717, 1.165) is 8.57 Å². The SMILES string of the molecule is CC(C)(C)N(C(=O)O)c1sccc1I. The molecule has 0 radical (unpaired) electrons. The maximum absolute atomic E-state index is 11.1. The van der Waals surface area contributed by atoms with Crippen LogP contribution in [0.3, 0.4) is 0 Å². The first-order valence-corrected chi connectivity index (χ1v) is 6.06. The van der Waals surface area contributed by atoms with Crippen LogP contribution in [0.4, 0.5) is 9.80 Å². The van der Waals surface area contributed by atoms with Crippen molar-refractivity contribution < 1.29 is 9.90 Å². The van der Waals surface area contributed by atoms with E-state index in [-0.39, 0.29) is 0 Å². The number of nitrogens with zero attached hydrogens (tertiary/aromatic N) is 1. The number of thiophene rings is 1. The van der Waals surface area contributed by atoms with Crippen LogP contribution in [-0.4, -0.2) is 16.7 Å². The van der Waals surface area contributed by atoms with E-state index in [4.69, 9.17) is 5.11 Å². The Labute approximate surface area is 101 Å². The molecule has 3 nitrogen and oxygen atoms in total. The van der Waals surface area contributed by atoms with Crippen LogP contribution in [0.25, 0.3) is 0 Å². The molecule has 1 amide bonds. The lowest BCUT2D eigenvalue weighted by Crippen LogP contribution is -2.45. The highest BCUT2D eigenvalue weighted by molar-refractivity contribution is 14.1. The Bertz CT molecular complexity index is 343. The summed E-state index contributed by atoms with van der Waals surface area (Å²) in [7, 11) is 0. The van der Waals surface area contributed by atoms with Gasteiger partial charge in [-0.15, -0.1) is 11.3 Å². The minimum Gasteiger partial charge on any atom is -0.465 e. The van der Waals surface area contributed by atoms with Crippen molar-refractivity contribution in [2.45, 2.75) is 26.3 Å². The summed E-state index contributed by atoms with van der Waals surface area (Å²) in [6, 6.07) is 1.92. The Morgan fingerprint density at radius 1 is 1.57 bits per heavy atom. The smallest absolute Gasteiger partial charge is 0.412 e. The van der Waals surface area contributed by atoms with Crippen LogP contribution in [-0.2, 0) is 0 Å². The fraction of sp³-hybridized carbons (Fsp3) is 0.444. The highest BCUT2D eigenvalue weighted by Gasteiger charge is 2.29. The van der Waals surface area contributed by atoms with Gasteiger partial charge in [0.05, 0.1) is 0 Å². The van der Waals surface area contributed by atoms with Gasteiger partial charge in [0.15, 0.2) is 0 Å². The van der Waals surface area contributed by atoms with Crippen molar-refractivity contribution in [2.75, 3.05) is 4.90 Å². The second-order valence-corrected chi connectivity index (χ2v) is 5.92. The summed E-state index contributed by atoms with van der Waals surface area (Å²) in [6.07, 6.45) is -0.905. The fourth-order valence-corrected chi connectivity index (χ4v) is 3.14. The average Bonchev–Trinajstić information content (AvgIpc) is 2.32. The van der Waals surface area contributed by atoms with Crippen LogP contribution in [0, 0.1) is 3.57 Å². The number of halogens is 1. The fourth-order valence-electron chi connectivity index (χ4n) is 1.12. The van der Waals surface area contributed by atoms with Gasteiger partial charge in [0.2, 0.25) is 0 Å². The molecule has 78 valence electrons. The molecule has 0 spiro atoms. The lowest BCUT2D eigenvalue weighted by atomic mass is 10.1. The maximum atomic E-state index is 11.1. The first kappa shape index (κ1) is 11.8. The largest absolute Gasteiger partial charge is 0.465 e. The number of carboxylic acid groups (broad SMARTS) is 1. The molecule has 0 aliphatic heterocycles. The summed E-state index contributed by atoms with van der Waals surface area (Å²) in [5.74, 6) is 0. The third kappa shape index (κ3) is 2.38. The second kappa shape index (κ2) is 4.06. The number of carbonyl (C=O) groups is 1. The molecule has 0 aliphatic carbocycles. The van der Waals surface area contributed by atoms with E-state index < -0.39 is 11.6 Å². The average molecular weight is 325 g/mol. The van der Waals surface area contributed by atoms with E-state index in [9.17, 15) is 4.79 Å². The van der Waals surface area contributed by atoms with Gasteiger partial charge in [-0.1, -0.05) is 0 Å². The minimum absolute atomic E-state index is 0.406. The summed E-state index contributed by atoms with van der Waals surface area (Å²) in [6.45, 7) is 5.66. The molecule has 0 fully saturated rings. The second-order valence-electron chi connectivity index (χ2n) is 3.86. The maximum Gasteiger partial charge on any atom is 0.412 e. The van der Waals surface area contributed by atoms with Crippen LogP contribution in [0.2, 0.25) is 0 Å². The Hall–Kier alpha value is -0.300. The summed E-state index contributed by atoms with van der Waals surface area (Å²) >= 11 is 3.60. The van der Waals surface area contributed by atoms with Crippen molar-refractivity contribution >= 4 is 45.0 Å². The Balaban J connectivity index is 3.14. The van der Waals surface area contributed by atoms with Crippen molar-refractivity contribution in [3.8, 4) is 0 Å². The van der Waals surface area contributed by atoms with E-state index in [2.05, 4.69) is 22.6 Å². The molecule has 1 heterocycles. The zero-order valence-corrected chi connectivity index (χ0v) is 11.2. The van der Waals surface area contributed by atoms with Crippen LogP contribution in [0.1, 0.15) is 20.8 Å². The molecule has 0 aliphatic rings. The topological polar surface area (TPSA) is 40.5 Å². The van der Waals surface area contributed by atoms with Crippen LogP contribution in [0.15, 0.2) is 11.4 Å². The van der Waals surface area contributed by atoms with Crippen LogP contribution < -0.4 is 4.90 Å². The molecular formula is C9H12INO2S. The molecule has 0 atom stereocenters. The summed E-state index contributed by atoms with van der Waals surface area (Å²) < 4.78 is 0.977. The van der Waals surface area contributed by atoms with E-state index in [1.165, 1.54) is 16.2 Å². The Morgan fingerprint density at radius 3 is 2.43 bits per heavy atom. The zero-order chi connectivity index (χ0) is 10.9. The van der Waals surface area contributed by atoms with Gasteiger partial charge in [-0.05, 0) is 54.8 Å². The van der Waals surface area contributed by atoms with Crippen molar-refractivity contribution in [1.29, 1.82) is 0 Å². The molecule has 0 aromatic carbocycles. The van der Waals surface area contributed by atoms with Gasteiger partial charge < -0.3 is 5.11 Å². The normalized spacial score (nSPS) is 11.4. The number of amides is 1. The lowest BCUT2D eigenvalue weighted by Gasteiger charge is -2.32. The zero-order valence-electron chi connectivity index (χ0n) is 8.24. The van der Waals surface area contributed by atoms with Crippen molar-refractivity contribution in [2.24, 2.45) is 0 Å². The first-order valence-electron chi connectivity index (χ1n) is 4.10. The molecule has 1 N–H and O–H groups in total. The third-order valence-corrected chi connectivity index (χ3v) is 3.80. The van der Waals surface area contributed by atoms with Gasteiger partial charge in [0, 0.05) is 9.11 Å². The van der Waals surface area contributed by atoms with Gasteiger partial charge in [-0.2, -0.15) is 0 Å². The molecule has 1 rings (SSSR count). The standard InChI is InChI=1S/C9H12INO2S/c1-9(2,3)11(8(12)13)7-6(10)4-5-14-7/h4-5H,1-3H3,(H,12,13). The van der Waals surface area contributed by atoms with Crippen molar-refractivity contribution in [1.82, 2.24) is 0 Å². The van der Waals surface area contributed by atoms with E-state index in [1.807, 2.05) is 32.2 Å². The van der Waals surface area contributed by atoms with Gasteiger partial charge in [-0.3, -0.25) is 4.90 Å². The van der Waals surface area contributed by atoms with Gasteiger partial charge in [-0.25, -0.2) is 4.79 Å². The van der Waals surface area contributed by atoms with Gasteiger partial charge >= 0.3 is 6.09 Å². The van der Waals surface area contributed by atoms with Crippen molar-refractivity contribution in [3.63, 3.8) is 0 Å². The predicted molar refractivity (Wildman–Crippen MR) is 67.3 cm³/mol. The molecule has 0 saturated heterocycles. The first-order chi connectivity index (χ1) is 6.34. The van der Waals surface area contributed by atoms with E-state index >= 15 is 0 Å². The molecule has 14 heavy (non-hydrogen) atoms. The molecule has 0 unspecified atom stereocenters. The van der Waals surface area contributed by atoms with Gasteiger partial charge in [0.25, 0.3) is 0 Å². The molecule has 1 aromatic heterocycles. The highest BCUT2D eigenvalue weighted by Crippen LogP contribution is 2.33. The molecular weight excluding hydrogens is 313 g/mol. The summed E-state index contributed by atoms with van der Waals surface area (Å²) in [5, 5.41) is 11.8. The quantitative estimate of drug-likeness (QED) is 0.801. The van der Waals surface area contributed by atoms with Crippen molar-refractivity contribution in [3.05, 3.63) is 15.0 Å². The van der Waals surface area contributed by atoms with Gasteiger partial charge in [0.1, 0.15) is 5.00 Å². The molecule has 0 bridgehead atoms. The van der Waals surface area contributed by atoms with E-state index in [1.54, 1.807) is 0 Å². The minimum atomic E-state index is -0.905. The third-order valence-electron chi connectivity index (χ3n) is 1.66. The summed E-state index contributed by atoms with van der Waals surface area (Å²) in [4.78, 5) is 12.5. The lowest BCUT2D eigenvalue weighted by molar-refractivity contribution is 0.196. The Kier molecular flexibility index (Phi) is 3.41. The molecule has 1 aromatic rings. The number of hydrogen-bond donors (Lipinski definition) is 1. The highest BCUT2D eigenvalue weighted by atomic mass is 127. The van der Waals surface area contributed by atoms with Crippen LogP contribution in [0.5, 0.6) is 0 Å². The number of anilines is 1. The number of rotatable bonds is 1. The Morgan fingerprint density at radius 2 is 2.14 bits per heavy atom. The predicted octanol–water partition coefficient (Wildman–Crippen LogP) is 3.64. The number of hydrogen-bond acceptors (Lipinski definition) is 2. The van der Waals surface area contributed by atoms with Crippen LogP contribution >= 0.6 is 33.9 Å². The monoisotopic (exact) mass is 325 g/mol. The summed E-state index contributed by atoms with van der Waals surface area (Å²) in [5.41, 5.74) is -0.406. The van der Waals surface area contributed by atoms with E-state index in [0.29, 0.717) is 0 Å². The molecule has 0 saturated carbocycles.